The fourth-order valence-corrected chi connectivity index (χ4v) is 2.62. The minimum absolute atomic E-state index is 0.178. The van der Waals surface area contributed by atoms with Crippen molar-refractivity contribution in [2.24, 2.45) is 0 Å². The Hall–Kier alpha value is -1.55. The lowest BCUT2D eigenvalue weighted by atomic mass is 9.86. The third-order valence-corrected chi connectivity index (χ3v) is 3.65. The Morgan fingerprint density at radius 2 is 2.12 bits per heavy atom. The highest BCUT2D eigenvalue weighted by Gasteiger charge is 2.42. The molecule has 3 rings (SSSR count). The molecule has 1 aromatic rings. The molecule has 1 aromatic carbocycles. The lowest BCUT2D eigenvalue weighted by molar-refractivity contribution is 0.163. The maximum Gasteiger partial charge on any atom is 0.407 e. The Balaban J connectivity index is 1.67. The number of rotatable bonds is 1. The first-order valence-corrected chi connectivity index (χ1v) is 6.01. The number of amides is 1. The highest BCUT2D eigenvalue weighted by molar-refractivity contribution is 5.70. The molecule has 0 bridgehead atoms. The van der Waals surface area contributed by atoms with Crippen LogP contribution in [0.5, 0.6) is 0 Å². The van der Waals surface area contributed by atoms with Crippen LogP contribution in [0.25, 0.3) is 0 Å². The third kappa shape index (κ3) is 2.00. The van der Waals surface area contributed by atoms with Gasteiger partial charge < -0.3 is 15.4 Å². The number of hydrogen-bond acceptors (Lipinski definition) is 3. The van der Waals surface area contributed by atoms with E-state index in [-0.39, 0.29) is 11.6 Å². The summed E-state index contributed by atoms with van der Waals surface area (Å²) in [5, 5.41) is 6.41. The van der Waals surface area contributed by atoms with Crippen molar-refractivity contribution in [3.05, 3.63) is 35.9 Å². The molecular weight excluding hydrogens is 216 g/mol. The zero-order valence-electron chi connectivity index (χ0n) is 9.61. The first-order chi connectivity index (χ1) is 8.27. The van der Waals surface area contributed by atoms with Crippen LogP contribution >= 0.6 is 0 Å². The van der Waals surface area contributed by atoms with E-state index in [9.17, 15) is 4.79 Å². The van der Waals surface area contributed by atoms with Crippen LogP contribution in [0.3, 0.4) is 0 Å². The molecular formula is C13H16N2O2. The Kier molecular flexibility index (Phi) is 2.52. The maximum absolute atomic E-state index is 11.1. The van der Waals surface area contributed by atoms with E-state index in [2.05, 4.69) is 34.9 Å². The number of alkyl carbamates (subject to hydrolysis) is 1. The van der Waals surface area contributed by atoms with Crippen molar-refractivity contribution < 1.29 is 9.53 Å². The van der Waals surface area contributed by atoms with E-state index in [1.165, 1.54) is 5.56 Å². The van der Waals surface area contributed by atoms with E-state index in [1.807, 2.05) is 6.07 Å². The molecule has 0 saturated carbocycles. The van der Waals surface area contributed by atoms with Crippen LogP contribution in [0.4, 0.5) is 4.79 Å². The monoisotopic (exact) mass is 232 g/mol. The SMILES string of the molecule is O=C1N[C@@]2(CCC(c3ccccc3)NC2)CO1. The van der Waals surface area contributed by atoms with Gasteiger partial charge in [-0.1, -0.05) is 30.3 Å². The van der Waals surface area contributed by atoms with Crippen molar-refractivity contribution >= 4 is 6.09 Å². The van der Waals surface area contributed by atoms with E-state index >= 15 is 0 Å². The summed E-state index contributed by atoms with van der Waals surface area (Å²) >= 11 is 0. The van der Waals surface area contributed by atoms with Gasteiger partial charge >= 0.3 is 6.09 Å². The van der Waals surface area contributed by atoms with Crippen molar-refractivity contribution in [3.8, 4) is 0 Å². The quantitative estimate of drug-likeness (QED) is 0.773. The van der Waals surface area contributed by atoms with E-state index < -0.39 is 0 Å². The van der Waals surface area contributed by atoms with Gasteiger partial charge in [0, 0.05) is 12.6 Å². The summed E-state index contributed by atoms with van der Waals surface area (Å²) < 4.78 is 5.00. The van der Waals surface area contributed by atoms with Crippen molar-refractivity contribution in [1.29, 1.82) is 0 Å². The minimum atomic E-state index is -0.287. The van der Waals surface area contributed by atoms with Gasteiger partial charge in [-0.05, 0) is 18.4 Å². The molecule has 2 saturated heterocycles. The van der Waals surface area contributed by atoms with Crippen LogP contribution in [0, 0.1) is 0 Å². The van der Waals surface area contributed by atoms with Gasteiger partial charge in [0.1, 0.15) is 6.61 Å². The molecule has 4 nitrogen and oxygen atoms in total. The summed E-state index contributed by atoms with van der Waals surface area (Å²) in [5.41, 5.74) is 1.13. The van der Waals surface area contributed by atoms with Crippen LogP contribution in [-0.2, 0) is 4.74 Å². The highest BCUT2D eigenvalue weighted by Crippen LogP contribution is 2.30. The number of cyclic esters (lactones) is 1. The standard InChI is InChI=1S/C13H16N2O2/c16-12-15-13(9-17-12)7-6-11(14-8-13)10-4-2-1-3-5-10/h1-5,11,14H,6-9H2,(H,15,16)/t11?,13-/m1/s1. The van der Waals surface area contributed by atoms with Crippen molar-refractivity contribution in [2.75, 3.05) is 13.2 Å². The lowest BCUT2D eigenvalue weighted by Crippen LogP contribution is -2.55. The first kappa shape index (κ1) is 10.6. The smallest absolute Gasteiger partial charge is 0.407 e. The van der Waals surface area contributed by atoms with Crippen LogP contribution in [0.15, 0.2) is 30.3 Å². The average molecular weight is 232 g/mol. The summed E-state index contributed by atoms with van der Waals surface area (Å²) in [6, 6.07) is 10.8. The first-order valence-electron chi connectivity index (χ1n) is 6.01. The minimum Gasteiger partial charge on any atom is -0.447 e. The van der Waals surface area contributed by atoms with Gasteiger partial charge in [-0.15, -0.1) is 0 Å². The summed E-state index contributed by atoms with van der Waals surface area (Å²) in [5.74, 6) is 0. The van der Waals surface area contributed by atoms with Gasteiger partial charge in [-0.25, -0.2) is 4.79 Å². The Morgan fingerprint density at radius 3 is 2.71 bits per heavy atom. The van der Waals surface area contributed by atoms with Crippen LogP contribution in [0.2, 0.25) is 0 Å². The van der Waals surface area contributed by atoms with E-state index in [0.717, 1.165) is 19.4 Å². The number of carbonyl (C=O) groups is 1. The average Bonchev–Trinajstić information content (AvgIpc) is 2.73. The second-order valence-corrected chi connectivity index (χ2v) is 4.86. The summed E-state index contributed by atoms with van der Waals surface area (Å²) in [7, 11) is 0. The molecule has 4 heteroatoms. The van der Waals surface area contributed by atoms with E-state index in [0.29, 0.717) is 12.6 Å². The molecule has 0 aliphatic carbocycles. The Bertz CT molecular complexity index is 411. The highest BCUT2D eigenvalue weighted by atomic mass is 16.6. The number of carbonyl (C=O) groups excluding carboxylic acids is 1. The molecule has 2 aliphatic heterocycles. The number of nitrogens with one attached hydrogen (secondary N) is 2. The number of piperidine rings is 1. The number of hydrogen-bond donors (Lipinski definition) is 2. The van der Waals surface area contributed by atoms with Crippen LogP contribution in [0.1, 0.15) is 24.4 Å². The lowest BCUT2D eigenvalue weighted by Gasteiger charge is -2.36. The van der Waals surface area contributed by atoms with Crippen molar-refractivity contribution in [3.63, 3.8) is 0 Å². The fourth-order valence-electron chi connectivity index (χ4n) is 2.62. The molecule has 2 aliphatic rings. The van der Waals surface area contributed by atoms with Crippen molar-refractivity contribution in [1.82, 2.24) is 10.6 Å². The Labute approximate surface area is 100 Å². The van der Waals surface area contributed by atoms with Gasteiger partial charge in [0.15, 0.2) is 0 Å². The molecule has 1 amide bonds. The summed E-state index contributed by atoms with van der Waals surface area (Å²) in [4.78, 5) is 11.1. The van der Waals surface area contributed by atoms with Gasteiger partial charge in [0.25, 0.3) is 0 Å². The molecule has 0 radical (unpaired) electrons. The van der Waals surface area contributed by atoms with Gasteiger partial charge in [0.2, 0.25) is 0 Å². The van der Waals surface area contributed by atoms with Crippen molar-refractivity contribution in [2.45, 2.75) is 24.4 Å². The second-order valence-electron chi connectivity index (χ2n) is 4.86. The normalized spacial score (nSPS) is 32.2. The molecule has 2 fully saturated rings. The zero-order chi connectivity index (χ0) is 11.7. The van der Waals surface area contributed by atoms with Crippen LogP contribution < -0.4 is 10.6 Å². The molecule has 1 spiro atoms. The molecule has 0 aromatic heterocycles. The molecule has 17 heavy (non-hydrogen) atoms. The number of benzene rings is 1. The Morgan fingerprint density at radius 1 is 1.29 bits per heavy atom. The number of ether oxygens (including phenoxy) is 1. The summed E-state index contributed by atoms with van der Waals surface area (Å²) in [6.07, 6.45) is 1.70. The van der Waals surface area contributed by atoms with Gasteiger partial charge in [0.05, 0.1) is 5.54 Å². The topological polar surface area (TPSA) is 50.4 Å². The second kappa shape index (κ2) is 4.04. The van der Waals surface area contributed by atoms with Gasteiger partial charge in [-0.2, -0.15) is 0 Å². The fraction of sp³-hybridized carbons (Fsp3) is 0.462. The predicted molar refractivity (Wildman–Crippen MR) is 63.6 cm³/mol. The molecule has 90 valence electrons. The predicted octanol–water partition coefficient (Wildman–Crippen LogP) is 1.59. The zero-order valence-corrected chi connectivity index (χ0v) is 9.61. The van der Waals surface area contributed by atoms with Crippen LogP contribution in [-0.4, -0.2) is 24.8 Å². The third-order valence-electron chi connectivity index (χ3n) is 3.65. The van der Waals surface area contributed by atoms with E-state index in [1.54, 1.807) is 0 Å². The van der Waals surface area contributed by atoms with E-state index in [4.69, 9.17) is 4.74 Å². The molecule has 2 atom stereocenters. The largest absolute Gasteiger partial charge is 0.447 e. The molecule has 1 unspecified atom stereocenters. The van der Waals surface area contributed by atoms with Gasteiger partial charge in [-0.3, -0.25) is 0 Å². The maximum atomic E-state index is 11.1. The molecule has 2 N–H and O–H groups in total. The molecule has 2 heterocycles. The summed E-state index contributed by atoms with van der Waals surface area (Å²) in [6.45, 7) is 1.26.